The van der Waals surface area contributed by atoms with Crippen molar-refractivity contribution in [3.63, 3.8) is 0 Å². The second-order valence-electron chi connectivity index (χ2n) is 4.64. The van der Waals surface area contributed by atoms with Gasteiger partial charge in [0, 0.05) is 11.9 Å². The molecule has 0 saturated heterocycles. The summed E-state index contributed by atoms with van der Waals surface area (Å²) in [5.74, 6) is -1.28. The van der Waals surface area contributed by atoms with Crippen LogP contribution in [0, 0.1) is 12.7 Å². The number of aromatic nitrogens is 1. The third-order valence-corrected chi connectivity index (χ3v) is 3.28. The Kier molecular flexibility index (Phi) is 4.27. The van der Waals surface area contributed by atoms with Crippen LogP contribution in [0.1, 0.15) is 28.4 Å². The van der Waals surface area contributed by atoms with E-state index in [1.807, 2.05) is 0 Å². The molecule has 2 aromatic rings. The van der Waals surface area contributed by atoms with Crippen LogP contribution in [0.25, 0.3) is 0 Å². The lowest BCUT2D eigenvalue weighted by molar-refractivity contribution is -0.140. The van der Waals surface area contributed by atoms with Gasteiger partial charge in [-0.25, -0.2) is 4.39 Å². The molecule has 21 heavy (non-hydrogen) atoms. The van der Waals surface area contributed by atoms with Crippen LogP contribution < -0.4 is 5.32 Å². The van der Waals surface area contributed by atoms with Gasteiger partial charge in [-0.1, -0.05) is 12.1 Å². The summed E-state index contributed by atoms with van der Waals surface area (Å²) in [5.41, 5.74) is 0.680. The lowest BCUT2D eigenvalue weighted by Gasteiger charge is -2.19. The summed E-state index contributed by atoms with van der Waals surface area (Å²) >= 11 is 0. The number of rotatable bonds is 3. The molecule has 1 aromatic heterocycles. The predicted molar refractivity (Wildman–Crippen MR) is 71.3 cm³/mol. The molecule has 0 aliphatic rings. The summed E-state index contributed by atoms with van der Waals surface area (Å²) in [6.07, 6.45) is -3.07. The van der Waals surface area contributed by atoms with Crippen LogP contribution >= 0.6 is 0 Å². The highest BCUT2D eigenvalue weighted by Crippen LogP contribution is 2.33. The Morgan fingerprint density at radius 2 is 1.90 bits per heavy atom. The van der Waals surface area contributed by atoms with E-state index in [0.29, 0.717) is 5.56 Å². The molecule has 2 nitrogen and oxygen atoms in total. The second-order valence-corrected chi connectivity index (χ2v) is 4.64. The topological polar surface area (TPSA) is 24.9 Å². The van der Waals surface area contributed by atoms with Gasteiger partial charge in [-0.15, -0.1) is 0 Å². The van der Waals surface area contributed by atoms with E-state index in [2.05, 4.69) is 10.3 Å². The molecule has 0 spiro atoms. The number of nitrogens with zero attached hydrogens (tertiary/aromatic N) is 1. The quantitative estimate of drug-likeness (QED) is 0.870. The number of nitrogens with one attached hydrogen (secondary N) is 1. The maximum atomic E-state index is 13.7. The molecule has 1 aromatic carbocycles. The molecule has 0 fully saturated rings. The lowest BCUT2D eigenvalue weighted by atomic mass is 9.96. The number of alkyl halides is 3. The maximum Gasteiger partial charge on any atom is 0.419 e. The van der Waals surface area contributed by atoms with Gasteiger partial charge in [0.15, 0.2) is 0 Å². The highest BCUT2D eigenvalue weighted by atomic mass is 19.4. The van der Waals surface area contributed by atoms with Crippen LogP contribution in [0.4, 0.5) is 17.6 Å². The minimum absolute atomic E-state index is 0.416. The average Bonchev–Trinajstić information content (AvgIpc) is 2.40. The van der Waals surface area contributed by atoms with E-state index in [1.54, 1.807) is 32.3 Å². The van der Waals surface area contributed by atoms with Crippen molar-refractivity contribution in [1.29, 1.82) is 0 Å². The number of hydrogen-bond donors (Lipinski definition) is 1. The Morgan fingerprint density at radius 1 is 1.19 bits per heavy atom. The summed E-state index contributed by atoms with van der Waals surface area (Å²) in [6, 6.07) is 6.07. The fraction of sp³-hybridized carbons (Fsp3) is 0.267. The van der Waals surface area contributed by atoms with Gasteiger partial charge in [0.05, 0.1) is 11.6 Å². The molecule has 0 amide bonds. The van der Waals surface area contributed by atoms with Crippen molar-refractivity contribution in [1.82, 2.24) is 10.3 Å². The first-order valence-corrected chi connectivity index (χ1v) is 6.30. The van der Waals surface area contributed by atoms with E-state index in [-0.39, 0.29) is 0 Å². The van der Waals surface area contributed by atoms with Gasteiger partial charge in [-0.05, 0) is 43.3 Å². The van der Waals surface area contributed by atoms with E-state index >= 15 is 0 Å². The van der Waals surface area contributed by atoms with Crippen LogP contribution in [0.15, 0.2) is 36.5 Å². The molecule has 0 saturated carbocycles. The van der Waals surface area contributed by atoms with Crippen molar-refractivity contribution in [3.8, 4) is 0 Å². The number of benzene rings is 1. The molecule has 1 N–H and O–H groups in total. The molecule has 6 heteroatoms. The summed E-state index contributed by atoms with van der Waals surface area (Å²) in [6.45, 7) is 1.79. The standard InChI is InChI=1S/C15H14F4N2/c1-9-11(4-3-7-21-9)14(20-2)10-5-6-12(13(16)8-10)15(17,18)19/h3-8,14,20H,1-2H3. The molecule has 0 radical (unpaired) electrons. The zero-order chi connectivity index (χ0) is 15.6. The lowest BCUT2D eigenvalue weighted by Crippen LogP contribution is -2.20. The normalized spacial score (nSPS) is 13.2. The molecule has 0 bridgehead atoms. The predicted octanol–water partition coefficient (Wildman–Crippen LogP) is 3.86. The molecule has 2 rings (SSSR count). The third kappa shape index (κ3) is 3.21. The van der Waals surface area contributed by atoms with Gasteiger partial charge in [-0.2, -0.15) is 13.2 Å². The molecule has 1 heterocycles. The van der Waals surface area contributed by atoms with Crippen molar-refractivity contribution < 1.29 is 17.6 Å². The van der Waals surface area contributed by atoms with E-state index in [9.17, 15) is 17.6 Å². The Labute approximate surface area is 119 Å². The number of halogens is 4. The van der Waals surface area contributed by atoms with Crippen LogP contribution in [0.3, 0.4) is 0 Å². The minimum atomic E-state index is -4.69. The summed E-state index contributed by atoms with van der Waals surface area (Å²) < 4.78 is 51.5. The van der Waals surface area contributed by atoms with Crippen LogP contribution in [-0.2, 0) is 6.18 Å². The largest absolute Gasteiger partial charge is 0.419 e. The van der Waals surface area contributed by atoms with Crippen molar-refractivity contribution in [2.45, 2.75) is 19.1 Å². The van der Waals surface area contributed by atoms with Gasteiger partial charge >= 0.3 is 6.18 Å². The van der Waals surface area contributed by atoms with Crippen LogP contribution in [-0.4, -0.2) is 12.0 Å². The summed E-state index contributed by atoms with van der Waals surface area (Å²) in [5, 5.41) is 2.97. The van der Waals surface area contributed by atoms with Gasteiger partial charge in [-0.3, -0.25) is 4.98 Å². The molecule has 1 atom stereocenters. The first kappa shape index (κ1) is 15.4. The van der Waals surface area contributed by atoms with Gasteiger partial charge in [0.25, 0.3) is 0 Å². The number of hydrogen-bond acceptors (Lipinski definition) is 2. The fourth-order valence-electron chi connectivity index (χ4n) is 2.24. The zero-order valence-corrected chi connectivity index (χ0v) is 11.5. The SMILES string of the molecule is CNC(c1ccc(C(F)(F)F)c(F)c1)c1cccnc1C. The van der Waals surface area contributed by atoms with Crippen molar-refractivity contribution in [2.24, 2.45) is 0 Å². The zero-order valence-electron chi connectivity index (χ0n) is 11.5. The van der Waals surface area contributed by atoms with Gasteiger partial charge in [0.1, 0.15) is 5.82 Å². The van der Waals surface area contributed by atoms with E-state index in [4.69, 9.17) is 0 Å². The molecule has 0 aliphatic carbocycles. The van der Waals surface area contributed by atoms with E-state index in [1.165, 1.54) is 6.07 Å². The maximum absolute atomic E-state index is 13.7. The molecule has 0 aliphatic heterocycles. The molecule has 112 valence electrons. The molecule has 1 unspecified atom stereocenters. The summed E-state index contributed by atoms with van der Waals surface area (Å²) in [4.78, 5) is 4.14. The Hall–Kier alpha value is -1.95. The van der Waals surface area contributed by atoms with Crippen molar-refractivity contribution in [3.05, 3.63) is 64.7 Å². The number of pyridine rings is 1. The Morgan fingerprint density at radius 3 is 2.43 bits per heavy atom. The fourth-order valence-corrected chi connectivity index (χ4v) is 2.24. The second kappa shape index (κ2) is 5.81. The highest BCUT2D eigenvalue weighted by Gasteiger charge is 2.34. The molecular weight excluding hydrogens is 284 g/mol. The third-order valence-electron chi connectivity index (χ3n) is 3.28. The van der Waals surface area contributed by atoms with Crippen molar-refractivity contribution >= 4 is 0 Å². The first-order chi connectivity index (χ1) is 9.84. The molecular formula is C15H14F4N2. The number of aryl methyl sites for hydroxylation is 1. The van der Waals surface area contributed by atoms with Gasteiger partial charge in [0.2, 0.25) is 0 Å². The van der Waals surface area contributed by atoms with E-state index in [0.717, 1.165) is 23.4 Å². The smallest absolute Gasteiger partial charge is 0.309 e. The first-order valence-electron chi connectivity index (χ1n) is 6.30. The van der Waals surface area contributed by atoms with E-state index < -0.39 is 23.6 Å². The van der Waals surface area contributed by atoms with Gasteiger partial charge < -0.3 is 5.32 Å². The minimum Gasteiger partial charge on any atom is -0.309 e. The average molecular weight is 298 g/mol. The highest BCUT2D eigenvalue weighted by molar-refractivity contribution is 5.36. The van der Waals surface area contributed by atoms with Crippen LogP contribution in [0.2, 0.25) is 0 Å². The Bertz CT molecular complexity index is 638. The van der Waals surface area contributed by atoms with Crippen LogP contribution in [0.5, 0.6) is 0 Å². The Balaban J connectivity index is 2.45. The summed E-state index contributed by atoms with van der Waals surface area (Å²) in [7, 11) is 1.66. The van der Waals surface area contributed by atoms with Crippen molar-refractivity contribution in [2.75, 3.05) is 7.05 Å². The monoisotopic (exact) mass is 298 g/mol.